The first-order valence-corrected chi connectivity index (χ1v) is 7.01. The Bertz CT molecular complexity index is 845. The summed E-state index contributed by atoms with van der Waals surface area (Å²) in [6, 6.07) is 11.4. The van der Waals surface area contributed by atoms with E-state index in [-0.39, 0.29) is 5.69 Å². The van der Waals surface area contributed by atoms with Crippen LogP contribution < -0.4 is 0 Å². The molecule has 0 aliphatic heterocycles. The maximum atomic E-state index is 13.5. The van der Waals surface area contributed by atoms with Gasteiger partial charge in [0, 0.05) is 34.2 Å². The molecule has 6 heteroatoms. The molecule has 0 saturated heterocycles. The molecule has 106 valence electrons. The zero-order chi connectivity index (χ0) is 15.0. The summed E-state index contributed by atoms with van der Waals surface area (Å²) in [5.41, 5.74) is 1.30. The molecule has 21 heavy (non-hydrogen) atoms. The fourth-order valence-electron chi connectivity index (χ4n) is 2.35. The van der Waals surface area contributed by atoms with E-state index < -0.39 is 10.7 Å². The van der Waals surface area contributed by atoms with Gasteiger partial charge in [0.2, 0.25) is 0 Å². The largest absolute Gasteiger partial charge is 0.343 e. The van der Waals surface area contributed by atoms with E-state index in [1.54, 1.807) is 0 Å². The number of aromatic nitrogens is 1. The van der Waals surface area contributed by atoms with Crippen molar-refractivity contribution in [3.8, 4) is 0 Å². The lowest BCUT2D eigenvalue weighted by Gasteiger charge is -2.06. The van der Waals surface area contributed by atoms with Crippen molar-refractivity contribution in [1.82, 2.24) is 4.57 Å². The van der Waals surface area contributed by atoms with E-state index in [4.69, 9.17) is 0 Å². The molecule has 0 fully saturated rings. The average molecular weight is 349 g/mol. The number of nitro groups is 1. The molecule has 0 unspecified atom stereocenters. The Balaban J connectivity index is 2.03. The highest BCUT2D eigenvalue weighted by atomic mass is 79.9. The predicted molar refractivity (Wildman–Crippen MR) is 81.8 cm³/mol. The summed E-state index contributed by atoms with van der Waals surface area (Å²) in [5.74, 6) is -0.600. The molecule has 0 amide bonds. The predicted octanol–water partition coefficient (Wildman–Crippen LogP) is 4.50. The second-order valence-corrected chi connectivity index (χ2v) is 5.55. The maximum absolute atomic E-state index is 13.5. The molecule has 2 aromatic carbocycles. The standard InChI is InChI=1S/C15H10BrFN2O2/c16-14-2-1-3-15-13(14)4-5-18(15)9-10-6-11(17)8-12(7-10)19(20)21/h1-8H,9H2. The lowest BCUT2D eigenvalue weighted by molar-refractivity contribution is -0.385. The van der Waals surface area contributed by atoms with Crippen LogP contribution in [0, 0.1) is 15.9 Å². The Morgan fingerprint density at radius 3 is 2.81 bits per heavy atom. The average Bonchev–Trinajstić information content (AvgIpc) is 2.83. The van der Waals surface area contributed by atoms with Crippen LogP contribution in [0.3, 0.4) is 0 Å². The molecule has 3 rings (SSSR count). The number of nitrogens with zero attached hydrogens (tertiary/aromatic N) is 2. The van der Waals surface area contributed by atoms with Gasteiger partial charge in [-0.05, 0) is 29.8 Å². The monoisotopic (exact) mass is 348 g/mol. The normalized spacial score (nSPS) is 11.0. The third-order valence-corrected chi connectivity index (χ3v) is 3.96. The quantitative estimate of drug-likeness (QED) is 0.516. The molecule has 0 saturated carbocycles. The van der Waals surface area contributed by atoms with Gasteiger partial charge in [0.1, 0.15) is 5.82 Å². The molecule has 0 aliphatic rings. The van der Waals surface area contributed by atoms with Crippen LogP contribution in [0.25, 0.3) is 10.9 Å². The summed E-state index contributed by atoms with van der Waals surface area (Å²) in [4.78, 5) is 10.2. The van der Waals surface area contributed by atoms with Crippen LogP contribution in [-0.4, -0.2) is 9.49 Å². The number of rotatable bonds is 3. The molecule has 1 aromatic heterocycles. The minimum Gasteiger partial charge on any atom is -0.343 e. The number of fused-ring (bicyclic) bond motifs is 1. The van der Waals surface area contributed by atoms with Crippen molar-refractivity contribution in [3.63, 3.8) is 0 Å². The van der Waals surface area contributed by atoms with Crippen LogP contribution in [-0.2, 0) is 6.54 Å². The zero-order valence-corrected chi connectivity index (χ0v) is 12.4. The second-order valence-electron chi connectivity index (χ2n) is 4.69. The molecule has 0 spiro atoms. The number of hydrogen-bond donors (Lipinski definition) is 0. The molecule has 0 atom stereocenters. The minimum atomic E-state index is -0.600. The Hall–Kier alpha value is -2.21. The van der Waals surface area contributed by atoms with Crippen molar-refractivity contribution in [2.45, 2.75) is 6.54 Å². The van der Waals surface area contributed by atoms with E-state index in [1.807, 2.05) is 35.0 Å². The fourth-order valence-corrected chi connectivity index (χ4v) is 2.84. The SMILES string of the molecule is O=[N+]([O-])c1cc(F)cc(Cn2ccc3c(Br)cccc32)c1. The van der Waals surface area contributed by atoms with Gasteiger partial charge in [-0.3, -0.25) is 10.1 Å². The maximum Gasteiger partial charge on any atom is 0.272 e. The van der Waals surface area contributed by atoms with E-state index in [2.05, 4.69) is 15.9 Å². The number of benzene rings is 2. The van der Waals surface area contributed by atoms with Gasteiger partial charge in [-0.2, -0.15) is 0 Å². The Labute approximate surface area is 128 Å². The van der Waals surface area contributed by atoms with E-state index in [9.17, 15) is 14.5 Å². The van der Waals surface area contributed by atoms with Crippen molar-refractivity contribution < 1.29 is 9.31 Å². The fraction of sp³-hybridized carbons (Fsp3) is 0.0667. The highest BCUT2D eigenvalue weighted by Crippen LogP contribution is 2.26. The van der Waals surface area contributed by atoms with Crippen molar-refractivity contribution in [2.75, 3.05) is 0 Å². The third kappa shape index (κ3) is 2.67. The van der Waals surface area contributed by atoms with E-state index in [0.717, 1.165) is 21.4 Å². The Morgan fingerprint density at radius 2 is 2.05 bits per heavy atom. The van der Waals surface area contributed by atoms with Crippen LogP contribution in [0.5, 0.6) is 0 Å². The zero-order valence-electron chi connectivity index (χ0n) is 10.8. The highest BCUT2D eigenvalue weighted by Gasteiger charge is 2.11. The summed E-state index contributed by atoms with van der Waals surface area (Å²) >= 11 is 3.48. The summed E-state index contributed by atoms with van der Waals surface area (Å²) in [5, 5.41) is 11.8. The summed E-state index contributed by atoms with van der Waals surface area (Å²) in [7, 11) is 0. The van der Waals surface area contributed by atoms with Crippen molar-refractivity contribution in [2.24, 2.45) is 0 Å². The Kier molecular flexibility index (Phi) is 3.47. The molecule has 4 nitrogen and oxygen atoms in total. The van der Waals surface area contributed by atoms with Crippen LogP contribution in [0.1, 0.15) is 5.56 Å². The molecule has 0 bridgehead atoms. The summed E-state index contributed by atoms with van der Waals surface area (Å²) in [6.45, 7) is 0.374. The van der Waals surface area contributed by atoms with Gasteiger partial charge in [0.25, 0.3) is 5.69 Å². The lowest BCUT2D eigenvalue weighted by Crippen LogP contribution is -2.00. The molecule has 3 aromatic rings. The first kappa shape index (κ1) is 13.8. The van der Waals surface area contributed by atoms with E-state index in [1.165, 1.54) is 12.1 Å². The van der Waals surface area contributed by atoms with Crippen molar-refractivity contribution in [1.29, 1.82) is 0 Å². The number of hydrogen-bond acceptors (Lipinski definition) is 2. The van der Waals surface area contributed by atoms with Gasteiger partial charge in [0.05, 0.1) is 11.0 Å². The van der Waals surface area contributed by atoms with Crippen LogP contribution in [0.15, 0.2) is 53.1 Å². The highest BCUT2D eigenvalue weighted by molar-refractivity contribution is 9.10. The van der Waals surface area contributed by atoms with E-state index in [0.29, 0.717) is 12.1 Å². The first-order chi connectivity index (χ1) is 10.0. The molecule has 0 aliphatic carbocycles. The van der Waals surface area contributed by atoms with Crippen molar-refractivity contribution in [3.05, 3.63) is 74.6 Å². The summed E-state index contributed by atoms with van der Waals surface area (Å²) in [6.07, 6.45) is 1.88. The number of non-ortho nitro benzene ring substituents is 1. The number of halogens is 2. The molecule has 0 N–H and O–H groups in total. The topological polar surface area (TPSA) is 48.1 Å². The minimum absolute atomic E-state index is 0.234. The Morgan fingerprint density at radius 1 is 1.24 bits per heavy atom. The molecule has 1 heterocycles. The molecular weight excluding hydrogens is 339 g/mol. The van der Waals surface area contributed by atoms with Gasteiger partial charge >= 0.3 is 0 Å². The van der Waals surface area contributed by atoms with Gasteiger partial charge in [-0.1, -0.05) is 22.0 Å². The van der Waals surface area contributed by atoms with Gasteiger partial charge in [-0.25, -0.2) is 4.39 Å². The molecule has 0 radical (unpaired) electrons. The second kappa shape index (κ2) is 5.29. The van der Waals surface area contributed by atoms with Crippen molar-refractivity contribution >= 4 is 32.5 Å². The van der Waals surface area contributed by atoms with Gasteiger partial charge in [0.15, 0.2) is 0 Å². The molecular formula is C15H10BrFN2O2. The van der Waals surface area contributed by atoms with Crippen LogP contribution in [0.2, 0.25) is 0 Å². The first-order valence-electron chi connectivity index (χ1n) is 6.22. The third-order valence-electron chi connectivity index (χ3n) is 3.27. The van der Waals surface area contributed by atoms with Crippen LogP contribution >= 0.6 is 15.9 Å². The number of nitro benzene ring substituents is 1. The lowest BCUT2D eigenvalue weighted by atomic mass is 10.2. The van der Waals surface area contributed by atoms with Gasteiger partial charge < -0.3 is 4.57 Å². The van der Waals surface area contributed by atoms with Gasteiger partial charge in [-0.15, -0.1) is 0 Å². The summed E-state index contributed by atoms with van der Waals surface area (Å²) < 4.78 is 16.4. The smallest absolute Gasteiger partial charge is 0.272 e. The van der Waals surface area contributed by atoms with Crippen LogP contribution in [0.4, 0.5) is 10.1 Å². The van der Waals surface area contributed by atoms with E-state index >= 15 is 0 Å².